The molecule has 18 heavy (non-hydrogen) atoms. The maximum absolute atomic E-state index is 5.79. The lowest BCUT2D eigenvalue weighted by atomic mass is 10.1. The van der Waals surface area contributed by atoms with Crippen LogP contribution in [0.4, 0.5) is 5.69 Å². The summed E-state index contributed by atoms with van der Waals surface area (Å²) in [6.07, 6.45) is 2.75. The van der Waals surface area contributed by atoms with Crippen LogP contribution in [0.2, 0.25) is 0 Å². The quantitative estimate of drug-likeness (QED) is 0.812. The second-order valence-electron chi connectivity index (χ2n) is 5.24. The summed E-state index contributed by atoms with van der Waals surface area (Å²) >= 11 is 0. The van der Waals surface area contributed by atoms with Gasteiger partial charge in [0.05, 0.1) is 11.8 Å². The van der Waals surface area contributed by atoms with Crippen LogP contribution in [-0.4, -0.2) is 25.7 Å². The third kappa shape index (κ3) is 3.91. The van der Waals surface area contributed by atoms with Gasteiger partial charge in [0.1, 0.15) is 5.75 Å². The molecule has 1 atom stereocenters. The standard InChI is InChI=1S/C15H24N2O/c1-12(2)18-15-6-4-3-5-14(15)17-10-8-13-7-9-16-11-13/h3-6,12-13,16-17H,7-11H2,1-2H3. The van der Waals surface area contributed by atoms with Crippen molar-refractivity contribution in [3.05, 3.63) is 24.3 Å². The van der Waals surface area contributed by atoms with E-state index in [1.165, 1.54) is 25.9 Å². The molecule has 0 saturated carbocycles. The number of hydrogen-bond donors (Lipinski definition) is 2. The molecule has 1 unspecified atom stereocenters. The van der Waals surface area contributed by atoms with Crippen molar-refractivity contribution in [1.82, 2.24) is 5.32 Å². The van der Waals surface area contributed by atoms with E-state index >= 15 is 0 Å². The van der Waals surface area contributed by atoms with Crippen molar-refractivity contribution in [2.24, 2.45) is 5.92 Å². The molecule has 2 rings (SSSR count). The van der Waals surface area contributed by atoms with Gasteiger partial charge in [0.15, 0.2) is 0 Å². The van der Waals surface area contributed by atoms with Crippen LogP contribution >= 0.6 is 0 Å². The second kappa shape index (κ2) is 6.64. The van der Waals surface area contributed by atoms with E-state index in [0.29, 0.717) is 0 Å². The predicted molar refractivity (Wildman–Crippen MR) is 76.3 cm³/mol. The number of benzene rings is 1. The van der Waals surface area contributed by atoms with E-state index in [1.54, 1.807) is 0 Å². The van der Waals surface area contributed by atoms with Crippen molar-refractivity contribution in [3.63, 3.8) is 0 Å². The molecule has 0 radical (unpaired) electrons. The first-order chi connectivity index (χ1) is 8.75. The molecule has 1 aliphatic heterocycles. The van der Waals surface area contributed by atoms with Gasteiger partial charge in [-0.2, -0.15) is 0 Å². The Kier molecular flexibility index (Phi) is 4.88. The van der Waals surface area contributed by atoms with Gasteiger partial charge in [-0.25, -0.2) is 0 Å². The number of para-hydroxylation sites is 2. The zero-order valence-corrected chi connectivity index (χ0v) is 11.4. The smallest absolute Gasteiger partial charge is 0.142 e. The number of hydrogen-bond acceptors (Lipinski definition) is 3. The predicted octanol–water partition coefficient (Wildman–Crippen LogP) is 2.89. The maximum atomic E-state index is 5.79. The van der Waals surface area contributed by atoms with E-state index in [-0.39, 0.29) is 6.10 Å². The Morgan fingerprint density at radius 2 is 2.22 bits per heavy atom. The average molecular weight is 248 g/mol. The SMILES string of the molecule is CC(C)Oc1ccccc1NCCC1CCNC1. The normalized spacial score (nSPS) is 19.2. The molecular formula is C15H24N2O. The lowest BCUT2D eigenvalue weighted by Gasteiger charge is -2.16. The summed E-state index contributed by atoms with van der Waals surface area (Å²) in [5, 5.41) is 6.90. The molecule has 2 N–H and O–H groups in total. The first-order valence-electron chi connectivity index (χ1n) is 6.96. The Balaban J connectivity index is 1.83. The molecule has 1 aromatic rings. The highest BCUT2D eigenvalue weighted by Crippen LogP contribution is 2.25. The highest BCUT2D eigenvalue weighted by Gasteiger charge is 2.13. The Bertz CT molecular complexity index is 359. The van der Waals surface area contributed by atoms with Gasteiger partial charge in [0.25, 0.3) is 0 Å². The first kappa shape index (κ1) is 13.2. The lowest BCUT2D eigenvalue weighted by molar-refractivity contribution is 0.243. The third-order valence-corrected chi connectivity index (χ3v) is 3.28. The topological polar surface area (TPSA) is 33.3 Å². The van der Waals surface area contributed by atoms with Crippen LogP contribution in [0.3, 0.4) is 0 Å². The van der Waals surface area contributed by atoms with Crippen molar-refractivity contribution in [2.75, 3.05) is 25.0 Å². The summed E-state index contributed by atoms with van der Waals surface area (Å²) in [6, 6.07) is 8.18. The van der Waals surface area contributed by atoms with Gasteiger partial charge >= 0.3 is 0 Å². The minimum Gasteiger partial charge on any atom is -0.489 e. The van der Waals surface area contributed by atoms with E-state index in [1.807, 2.05) is 18.2 Å². The van der Waals surface area contributed by atoms with Crippen molar-refractivity contribution in [2.45, 2.75) is 32.8 Å². The molecule has 1 aliphatic rings. The summed E-state index contributed by atoms with van der Waals surface area (Å²) in [4.78, 5) is 0. The molecule has 3 heteroatoms. The molecule has 0 bridgehead atoms. The number of nitrogens with one attached hydrogen (secondary N) is 2. The maximum Gasteiger partial charge on any atom is 0.142 e. The fourth-order valence-electron chi connectivity index (χ4n) is 2.34. The molecule has 0 aromatic heterocycles. The van der Waals surface area contributed by atoms with Gasteiger partial charge in [0, 0.05) is 6.54 Å². The van der Waals surface area contributed by atoms with Crippen LogP contribution in [-0.2, 0) is 0 Å². The molecule has 100 valence electrons. The number of ether oxygens (including phenoxy) is 1. The van der Waals surface area contributed by atoms with E-state index in [2.05, 4.69) is 30.5 Å². The van der Waals surface area contributed by atoms with Gasteiger partial charge in [-0.05, 0) is 57.8 Å². The van der Waals surface area contributed by atoms with E-state index in [9.17, 15) is 0 Å². The molecule has 0 spiro atoms. The molecule has 3 nitrogen and oxygen atoms in total. The Morgan fingerprint density at radius 1 is 1.39 bits per heavy atom. The molecular weight excluding hydrogens is 224 g/mol. The van der Waals surface area contributed by atoms with Gasteiger partial charge in [0.2, 0.25) is 0 Å². The fraction of sp³-hybridized carbons (Fsp3) is 0.600. The van der Waals surface area contributed by atoms with E-state index < -0.39 is 0 Å². The van der Waals surface area contributed by atoms with E-state index in [0.717, 1.165) is 23.9 Å². The second-order valence-corrected chi connectivity index (χ2v) is 5.24. The van der Waals surface area contributed by atoms with E-state index in [4.69, 9.17) is 4.74 Å². The minimum atomic E-state index is 0.215. The number of rotatable bonds is 6. The Labute approximate surface area is 110 Å². The molecule has 1 fully saturated rings. The zero-order valence-electron chi connectivity index (χ0n) is 11.4. The molecule has 0 aliphatic carbocycles. The van der Waals surface area contributed by atoms with Gasteiger partial charge < -0.3 is 15.4 Å². The Hall–Kier alpha value is -1.22. The van der Waals surface area contributed by atoms with Crippen molar-refractivity contribution in [1.29, 1.82) is 0 Å². The summed E-state index contributed by atoms with van der Waals surface area (Å²) in [6.45, 7) is 7.48. The van der Waals surface area contributed by atoms with Gasteiger partial charge in [-0.15, -0.1) is 0 Å². The zero-order chi connectivity index (χ0) is 12.8. The lowest BCUT2D eigenvalue weighted by Crippen LogP contribution is -2.13. The molecule has 1 aromatic carbocycles. The molecule has 1 saturated heterocycles. The van der Waals surface area contributed by atoms with Gasteiger partial charge in [-0.1, -0.05) is 12.1 Å². The van der Waals surface area contributed by atoms with Crippen LogP contribution < -0.4 is 15.4 Å². The minimum absolute atomic E-state index is 0.215. The van der Waals surface area contributed by atoms with Crippen LogP contribution in [0.1, 0.15) is 26.7 Å². The van der Waals surface area contributed by atoms with Crippen molar-refractivity contribution < 1.29 is 4.74 Å². The fourth-order valence-corrected chi connectivity index (χ4v) is 2.34. The summed E-state index contributed by atoms with van der Waals surface area (Å²) < 4.78 is 5.79. The van der Waals surface area contributed by atoms with Crippen molar-refractivity contribution in [3.8, 4) is 5.75 Å². The summed E-state index contributed by atoms with van der Waals surface area (Å²) in [5.74, 6) is 1.78. The van der Waals surface area contributed by atoms with Crippen LogP contribution in [0, 0.1) is 5.92 Å². The van der Waals surface area contributed by atoms with Crippen LogP contribution in [0.5, 0.6) is 5.75 Å². The van der Waals surface area contributed by atoms with Crippen molar-refractivity contribution >= 4 is 5.69 Å². The Morgan fingerprint density at radius 3 is 2.94 bits per heavy atom. The highest BCUT2D eigenvalue weighted by atomic mass is 16.5. The van der Waals surface area contributed by atoms with Gasteiger partial charge in [-0.3, -0.25) is 0 Å². The molecule has 0 amide bonds. The third-order valence-electron chi connectivity index (χ3n) is 3.28. The number of anilines is 1. The monoisotopic (exact) mass is 248 g/mol. The average Bonchev–Trinajstić information content (AvgIpc) is 2.84. The largest absolute Gasteiger partial charge is 0.489 e. The molecule has 1 heterocycles. The summed E-state index contributed by atoms with van der Waals surface area (Å²) in [7, 11) is 0. The first-order valence-corrected chi connectivity index (χ1v) is 6.96. The summed E-state index contributed by atoms with van der Waals surface area (Å²) in [5.41, 5.74) is 1.11. The van der Waals surface area contributed by atoms with Crippen LogP contribution in [0.15, 0.2) is 24.3 Å². The van der Waals surface area contributed by atoms with Crippen LogP contribution in [0.25, 0.3) is 0 Å². The highest BCUT2D eigenvalue weighted by molar-refractivity contribution is 5.56.